The van der Waals surface area contributed by atoms with E-state index in [0.717, 1.165) is 6.42 Å². The van der Waals surface area contributed by atoms with Crippen LogP contribution in [-0.4, -0.2) is 0 Å². The Morgan fingerprint density at radius 3 is 1.71 bits per heavy atom. The summed E-state index contributed by atoms with van der Waals surface area (Å²) in [6.07, 6.45) is 10.9. The van der Waals surface area contributed by atoms with Crippen molar-refractivity contribution >= 4 is 0 Å². The second-order valence-corrected chi connectivity index (χ2v) is 3.41. The van der Waals surface area contributed by atoms with E-state index in [1.807, 2.05) is 27.7 Å². The summed E-state index contributed by atoms with van der Waals surface area (Å²) < 4.78 is 0. The molecule has 104 valence electrons. The minimum atomic E-state index is 1.16. The highest BCUT2D eigenvalue weighted by Crippen LogP contribution is 2.20. The zero-order valence-electron chi connectivity index (χ0n) is 13.7. The maximum atomic E-state index is 2.37. The molecule has 17 heavy (non-hydrogen) atoms. The Bertz CT molecular complexity index is 172. The van der Waals surface area contributed by atoms with E-state index in [4.69, 9.17) is 0 Å². The van der Waals surface area contributed by atoms with Gasteiger partial charge in [-0.2, -0.15) is 0 Å². The first-order valence-corrected chi connectivity index (χ1v) is 7.64. The third kappa shape index (κ3) is 13.4. The second-order valence-electron chi connectivity index (χ2n) is 3.41. The van der Waals surface area contributed by atoms with Gasteiger partial charge in [-0.05, 0) is 43.8 Å². The van der Waals surface area contributed by atoms with Crippen LogP contribution in [0.1, 0.15) is 87.5 Å². The van der Waals surface area contributed by atoms with Gasteiger partial charge in [0.2, 0.25) is 0 Å². The average molecular weight is 240 g/mol. The summed E-state index contributed by atoms with van der Waals surface area (Å²) in [4.78, 5) is 0. The average Bonchev–Trinajstić information content (AvgIpc) is 2.42. The fraction of sp³-hybridized carbons (Fsp3) is 0.765. The minimum Gasteiger partial charge on any atom is -0.0842 e. The number of allylic oxidation sites excluding steroid dienone is 4. The van der Waals surface area contributed by atoms with E-state index >= 15 is 0 Å². The Morgan fingerprint density at radius 2 is 1.41 bits per heavy atom. The fourth-order valence-electron chi connectivity index (χ4n) is 1.61. The summed E-state index contributed by atoms with van der Waals surface area (Å²) in [5.74, 6) is 0. The van der Waals surface area contributed by atoms with E-state index in [9.17, 15) is 0 Å². The van der Waals surface area contributed by atoms with Crippen molar-refractivity contribution in [3.8, 4) is 0 Å². The zero-order chi connectivity index (χ0) is 14.1. The number of hydrogen-bond donors (Lipinski definition) is 0. The SMILES string of the molecule is C/C=C(CCCC)\C(=C/CC)CC.CC.CC. The van der Waals surface area contributed by atoms with Gasteiger partial charge in [0.1, 0.15) is 0 Å². The molecule has 0 heterocycles. The Morgan fingerprint density at radius 1 is 0.882 bits per heavy atom. The van der Waals surface area contributed by atoms with Gasteiger partial charge in [0.25, 0.3) is 0 Å². The van der Waals surface area contributed by atoms with Crippen LogP contribution in [-0.2, 0) is 0 Å². The van der Waals surface area contributed by atoms with E-state index in [1.165, 1.54) is 25.7 Å². The van der Waals surface area contributed by atoms with Crippen molar-refractivity contribution in [1.29, 1.82) is 0 Å². The van der Waals surface area contributed by atoms with Gasteiger partial charge in [-0.1, -0.05) is 67.0 Å². The topological polar surface area (TPSA) is 0 Å². The lowest BCUT2D eigenvalue weighted by atomic mass is 9.97. The van der Waals surface area contributed by atoms with Crippen LogP contribution in [0.3, 0.4) is 0 Å². The summed E-state index contributed by atoms with van der Waals surface area (Å²) in [5, 5.41) is 0. The molecule has 0 saturated carbocycles. The number of rotatable bonds is 6. The van der Waals surface area contributed by atoms with Gasteiger partial charge in [0, 0.05) is 0 Å². The van der Waals surface area contributed by atoms with Crippen LogP contribution in [0.4, 0.5) is 0 Å². The molecular formula is C17H36. The molecule has 0 atom stereocenters. The summed E-state index contributed by atoms with van der Waals surface area (Å²) in [6.45, 7) is 16.9. The van der Waals surface area contributed by atoms with Crippen molar-refractivity contribution in [2.75, 3.05) is 0 Å². The van der Waals surface area contributed by atoms with Crippen molar-refractivity contribution in [1.82, 2.24) is 0 Å². The molecule has 0 spiro atoms. The van der Waals surface area contributed by atoms with Crippen LogP contribution < -0.4 is 0 Å². The Labute approximate surface area is 111 Å². The number of hydrogen-bond acceptors (Lipinski definition) is 0. The van der Waals surface area contributed by atoms with Gasteiger partial charge in [0.15, 0.2) is 0 Å². The summed E-state index contributed by atoms with van der Waals surface area (Å²) in [5.41, 5.74) is 3.12. The highest BCUT2D eigenvalue weighted by Gasteiger charge is 2.00. The Kier molecular flexibility index (Phi) is 26.6. The Balaban J connectivity index is -0.000000439. The first-order chi connectivity index (χ1) is 8.29. The molecule has 0 aromatic carbocycles. The lowest BCUT2D eigenvalue weighted by molar-refractivity contribution is 0.783. The first-order valence-electron chi connectivity index (χ1n) is 7.64. The van der Waals surface area contributed by atoms with Gasteiger partial charge < -0.3 is 0 Å². The van der Waals surface area contributed by atoms with Crippen molar-refractivity contribution in [3.63, 3.8) is 0 Å². The molecule has 0 aromatic heterocycles. The Hall–Kier alpha value is -0.520. The number of unbranched alkanes of at least 4 members (excludes halogenated alkanes) is 1. The first kappa shape index (κ1) is 21.7. The van der Waals surface area contributed by atoms with Crippen LogP contribution in [0.2, 0.25) is 0 Å². The van der Waals surface area contributed by atoms with Gasteiger partial charge in [0.05, 0.1) is 0 Å². The lowest BCUT2D eigenvalue weighted by Crippen LogP contribution is -1.89. The quantitative estimate of drug-likeness (QED) is 0.442. The van der Waals surface area contributed by atoms with Crippen LogP contribution in [0.15, 0.2) is 23.3 Å². The molecule has 0 aromatic rings. The normalized spacial score (nSPS) is 11.1. The second kappa shape index (κ2) is 20.8. The highest BCUT2D eigenvalue weighted by molar-refractivity contribution is 5.29. The molecule has 0 amide bonds. The van der Waals surface area contributed by atoms with E-state index in [1.54, 1.807) is 11.1 Å². The van der Waals surface area contributed by atoms with E-state index < -0.39 is 0 Å². The molecule has 0 aliphatic heterocycles. The molecule has 0 aliphatic carbocycles. The monoisotopic (exact) mass is 240 g/mol. The van der Waals surface area contributed by atoms with Crippen molar-refractivity contribution in [3.05, 3.63) is 23.3 Å². The predicted octanol–water partition coefficient (Wildman–Crippen LogP) is 6.92. The summed E-state index contributed by atoms with van der Waals surface area (Å²) >= 11 is 0. The molecular weight excluding hydrogens is 204 g/mol. The predicted molar refractivity (Wildman–Crippen MR) is 84.6 cm³/mol. The minimum absolute atomic E-state index is 1.16. The third-order valence-corrected chi connectivity index (χ3v) is 2.39. The molecule has 0 heteroatoms. The van der Waals surface area contributed by atoms with Crippen molar-refractivity contribution < 1.29 is 0 Å². The van der Waals surface area contributed by atoms with Crippen molar-refractivity contribution in [2.24, 2.45) is 0 Å². The molecule has 0 unspecified atom stereocenters. The standard InChI is InChI=1S/C13H24.2C2H6/c1-5-9-11-13(8-4)12(7-3)10-6-2;2*1-2/h8,10H,5-7,9,11H2,1-4H3;2*1-2H3/b12-10-,13-8-;;. The zero-order valence-corrected chi connectivity index (χ0v) is 13.7. The maximum Gasteiger partial charge on any atom is -0.0280 e. The molecule has 0 bridgehead atoms. The lowest BCUT2D eigenvalue weighted by Gasteiger charge is -2.09. The van der Waals surface area contributed by atoms with E-state index in [-0.39, 0.29) is 0 Å². The summed E-state index contributed by atoms with van der Waals surface area (Å²) in [6, 6.07) is 0. The van der Waals surface area contributed by atoms with Crippen LogP contribution >= 0.6 is 0 Å². The highest BCUT2D eigenvalue weighted by atomic mass is 14.1. The molecule has 0 radical (unpaired) electrons. The van der Waals surface area contributed by atoms with Gasteiger partial charge in [-0.3, -0.25) is 0 Å². The molecule has 0 saturated heterocycles. The van der Waals surface area contributed by atoms with E-state index in [2.05, 4.69) is 39.8 Å². The largest absolute Gasteiger partial charge is 0.0842 e. The van der Waals surface area contributed by atoms with Crippen LogP contribution in [0, 0.1) is 0 Å². The van der Waals surface area contributed by atoms with Gasteiger partial charge in [-0.25, -0.2) is 0 Å². The molecule has 0 fully saturated rings. The third-order valence-electron chi connectivity index (χ3n) is 2.39. The van der Waals surface area contributed by atoms with Gasteiger partial charge in [-0.15, -0.1) is 0 Å². The van der Waals surface area contributed by atoms with Gasteiger partial charge >= 0.3 is 0 Å². The fourth-order valence-corrected chi connectivity index (χ4v) is 1.61. The molecule has 0 N–H and O–H groups in total. The molecule has 0 rings (SSSR count). The summed E-state index contributed by atoms with van der Waals surface area (Å²) in [7, 11) is 0. The molecule has 0 nitrogen and oxygen atoms in total. The van der Waals surface area contributed by atoms with Crippen LogP contribution in [0.5, 0.6) is 0 Å². The smallest absolute Gasteiger partial charge is 0.0280 e. The molecule has 0 aliphatic rings. The van der Waals surface area contributed by atoms with Crippen LogP contribution in [0.25, 0.3) is 0 Å². The van der Waals surface area contributed by atoms with Crippen molar-refractivity contribution in [2.45, 2.75) is 87.5 Å². The van der Waals surface area contributed by atoms with E-state index in [0.29, 0.717) is 0 Å². The maximum absolute atomic E-state index is 2.37.